The number of benzene rings is 1. The lowest BCUT2D eigenvalue weighted by atomic mass is 9.96. The average molecular weight is 359 g/mol. The minimum Gasteiger partial charge on any atom is -0.364 e. The molecule has 1 amide bonds. The van der Waals surface area contributed by atoms with Crippen molar-refractivity contribution in [3.8, 4) is 6.07 Å². The van der Waals surface area contributed by atoms with Crippen molar-refractivity contribution in [2.24, 2.45) is 5.73 Å². The quantitative estimate of drug-likeness (QED) is 0.838. The van der Waals surface area contributed by atoms with Gasteiger partial charge in [0.2, 0.25) is 10.0 Å². The number of hydrogen-bond acceptors (Lipinski definition) is 5. The van der Waals surface area contributed by atoms with E-state index in [0.717, 1.165) is 6.42 Å². The molecule has 0 unspecified atom stereocenters. The highest BCUT2D eigenvalue weighted by molar-refractivity contribution is 7.89. The smallest absolute Gasteiger partial charge is 0.269 e. The molecular weight excluding hydrogens is 342 g/mol. The van der Waals surface area contributed by atoms with Gasteiger partial charge < -0.3 is 5.73 Å². The molecule has 1 saturated heterocycles. The van der Waals surface area contributed by atoms with Gasteiger partial charge in [0.05, 0.1) is 10.5 Å². The van der Waals surface area contributed by atoms with Crippen molar-refractivity contribution in [2.75, 3.05) is 13.1 Å². The number of piperidine rings is 1. The maximum absolute atomic E-state index is 12.9. The zero-order valence-corrected chi connectivity index (χ0v) is 14.2. The van der Waals surface area contributed by atoms with Crippen LogP contribution in [0.4, 0.5) is 0 Å². The third-order valence-corrected chi connectivity index (χ3v) is 6.22. The number of nitriles is 1. The molecule has 3 N–H and O–H groups in total. The van der Waals surface area contributed by atoms with Crippen molar-refractivity contribution in [1.82, 2.24) is 14.5 Å². The van der Waals surface area contributed by atoms with E-state index >= 15 is 0 Å². The second kappa shape index (κ2) is 6.66. The van der Waals surface area contributed by atoms with Gasteiger partial charge in [-0.25, -0.2) is 8.42 Å². The van der Waals surface area contributed by atoms with E-state index in [1.807, 2.05) is 6.07 Å². The molecule has 1 aromatic heterocycles. The summed E-state index contributed by atoms with van der Waals surface area (Å²) in [6.45, 7) is 0.637. The molecule has 3 rings (SSSR count). The molecule has 0 saturated carbocycles. The number of amides is 1. The van der Waals surface area contributed by atoms with Crippen LogP contribution in [-0.4, -0.2) is 41.9 Å². The summed E-state index contributed by atoms with van der Waals surface area (Å²) in [5, 5.41) is 15.8. The van der Waals surface area contributed by atoms with Crippen molar-refractivity contribution in [2.45, 2.75) is 23.7 Å². The van der Waals surface area contributed by atoms with E-state index in [0.29, 0.717) is 18.7 Å². The molecule has 2 heterocycles. The molecule has 1 fully saturated rings. The number of nitrogens with zero attached hydrogens (tertiary/aromatic N) is 3. The Balaban J connectivity index is 1.87. The van der Waals surface area contributed by atoms with Crippen molar-refractivity contribution >= 4 is 15.9 Å². The van der Waals surface area contributed by atoms with Gasteiger partial charge in [-0.2, -0.15) is 14.7 Å². The maximum Gasteiger partial charge on any atom is 0.269 e. The van der Waals surface area contributed by atoms with E-state index in [1.165, 1.54) is 16.4 Å². The number of rotatable bonds is 4. The first-order chi connectivity index (χ1) is 11.9. The van der Waals surface area contributed by atoms with Crippen molar-refractivity contribution in [1.29, 1.82) is 5.26 Å². The summed E-state index contributed by atoms with van der Waals surface area (Å²) in [6.07, 6.45) is 1.44. The predicted octanol–water partition coefficient (Wildman–Crippen LogP) is 0.949. The first-order valence-corrected chi connectivity index (χ1v) is 9.22. The van der Waals surface area contributed by atoms with Crippen molar-refractivity contribution in [3.63, 3.8) is 0 Å². The van der Waals surface area contributed by atoms with Crippen LogP contribution in [0.25, 0.3) is 0 Å². The topological polar surface area (TPSA) is 133 Å². The normalized spacial score (nSPS) is 18.6. The van der Waals surface area contributed by atoms with Gasteiger partial charge in [0, 0.05) is 24.7 Å². The average Bonchev–Trinajstić information content (AvgIpc) is 3.12. The molecule has 1 aromatic carbocycles. The molecule has 1 aliphatic rings. The highest BCUT2D eigenvalue weighted by Gasteiger charge is 2.33. The highest BCUT2D eigenvalue weighted by atomic mass is 32.2. The van der Waals surface area contributed by atoms with E-state index < -0.39 is 15.9 Å². The number of sulfonamides is 1. The molecule has 130 valence electrons. The van der Waals surface area contributed by atoms with E-state index in [-0.39, 0.29) is 28.6 Å². The Morgan fingerprint density at radius 3 is 2.84 bits per heavy atom. The van der Waals surface area contributed by atoms with Crippen LogP contribution in [0, 0.1) is 11.3 Å². The van der Waals surface area contributed by atoms with Crippen LogP contribution in [0.15, 0.2) is 35.2 Å². The van der Waals surface area contributed by atoms with Crippen LogP contribution in [0.1, 0.15) is 40.5 Å². The lowest BCUT2D eigenvalue weighted by Gasteiger charge is -2.31. The molecule has 0 spiro atoms. The Bertz CT molecular complexity index is 945. The Hall–Kier alpha value is -2.70. The van der Waals surface area contributed by atoms with Gasteiger partial charge in [-0.1, -0.05) is 12.1 Å². The lowest BCUT2D eigenvalue weighted by molar-refractivity contribution is 0.0995. The monoisotopic (exact) mass is 359 g/mol. The summed E-state index contributed by atoms with van der Waals surface area (Å²) in [7, 11) is -3.77. The molecule has 0 aliphatic carbocycles. The zero-order chi connectivity index (χ0) is 18.0. The number of primary amides is 1. The fraction of sp³-hybridized carbons (Fsp3) is 0.312. The molecule has 9 heteroatoms. The van der Waals surface area contributed by atoms with Crippen LogP contribution in [0.2, 0.25) is 0 Å². The number of aromatic amines is 1. The fourth-order valence-electron chi connectivity index (χ4n) is 3.01. The predicted molar refractivity (Wildman–Crippen MR) is 89.0 cm³/mol. The Morgan fingerprint density at radius 2 is 2.16 bits per heavy atom. The van der Waals surface area contributed by atoms with E-state index in [1.54, 1.807) is 18.2 Å². The van der Waals surface area contributed by atoms with Crippen LogP contribution < -0.4 is 5.73 Å². The van der Waals surface area contributed by atoms with Crippen molar-refractivity contribution < 1.29 is 13.2 Å². The summed E-state index contributed by atoms with van der Waals surface area (Å²) in [4.78, 5) is 11.2. The third-order valence-electron chi connectivity index (χ3n) is 4.30. The standard InChI is InChI=1S/C16H17N5O3S/c17-9-11-4-1-2-6-15(11)25(23,24)21-7-3-5-12(10-21)13-8-14(16(18)22)20-19-13/h1-2,4,6,8,12H,3,5,7,10H2,(H2,18,22)(H,19,20)/t12-/m0/s1. The van der Waals surface area contributed by atoms with Gasteiger partial charge in [-0.3, -0.25) is 9.89 Å². The van der Waals surface area contributed by atoms with Crippen molar-refractivity contribution in [3.05, 3.63) is 47.3 Å². The first-order valence-electron chi connectivity index (χ1n) is 7.78. The summed E-state index contributed by atoms with van der Waals surface area (Å²) in [6, 6.07) is 9.65. The van der Waals surface area contributed by atoms with E-state index in [2.05, 4.69) is 10.2 Å². The number of aromatic nitrogens is 2. The maximum atomic E-state index is 12.9. The molecule has 0 bridgehead atoms. The van der Waals surface area contributed by atoms with Crippen LogP contribution >= 0.6 is 0 Å². The summed E-state index contributed by atoms with van der Waals surface area (Å²) in [5.74, 6) is -0.746. The van der Waals surface area contributed by atoms with Crippen LogP contribution in [-0.2, 0) is 10.0 Å². The minimum absolute atomic E-state index is 0.0144. The molecule has 2 aromatic rings. The van der Waals surface area contributed by atoms with E-state index in [9.17, 15) is 18.5 Å². The Kier molecular flexibility index (Phi) is 4.57. The van der Waals surface area contributed by atoms with Gasteiger partial charge in [-0.05, 0) is 31.0 Å². The van der Waals surface area contributed by atoms with Gasteiger partial charge in [0.1, 0.15) is 11.8 Å². The van der Waals surface area contributed by atoms with Gasteiger partial charge in [0.15, 0.2) is 0 Å². The lowest BCUT2D eigenvalue weighted by Crippen LogP contribution is -2.39. The molecule has 8 nitrogen and oxygen atoms in total. The largest absolute Gasteiger partial charge is 0.364 e. The first kappa shape index (κ1) is 17.1. The summed E-state index contributed by atoms with van der Waals surface area (Å²) < 4.78 is 27.2. The third kappa shape index (κ3) is 3.26. The SMILES string of the molecule is N#Cc1ccccc1S(=O)(=O)N1CCC[C@H](c2cc(C(N)=O)n[nH]2)C1. The Morgan fingerprint density at radius 1 is 1.40 bits per heavy atom. The van der Waals surface area contributed by atoms with Crippen LogP contribution in [0.5, 0.6) is 0 Å². The minimum atomic E-state index is -3.77. The summed E-state index contributed by atoms with van der Waals surface area (Å²) in [5.41, 5.74) is 6.14. The number of carbonyl (C=O) groups excluding carboxylic acids is 1. The molecule has 25 heavy (non-hydrogen) atoms. The number of nitrogens with one attached hydrogen (secondary N) is 1. The van der Waals surface area contributed by atoms with Gasteiger partial charge >= 0.3 is 0 Å². The molecular formula is C16H17N5O3S. The fourth-order valence-corrected chi connectivity index (χ4v) is 4.68. The highest BCUT2D eigenvalue weighted by Crippen LogP contribution is 2.30. The zero-order valence-electron chi connectivity index (χ0n) is 13.3. The molecule has 1 aliphatic heterocycles. The number of hydrogen-bond donors (Lipinski definition) is 2. The second-order valence-electron chi connectivity index (χ2n) is 5.88. The van der Waals surface area contributed by atoms with Crippen LogP contribution in [0.3, 0.4) is 0 Å². The second-order valence-corrected chi connectivity index (χ2v) is 7.79. The molecule has 1 atom stereocenters. The van der Waals surface area contributed by atoms with E-state index in [4.69, 9.17) is 5.73 Å². The van der Waals surface area contributed by atoms with Gasteiger partial charge in [-0.15, -0.1) is 0 Å². The number of H-pyrrole nitrogens is 1. The summed E-state index contributed by atoms with van der Waals surface area (Å²) >= 11 is 0. The molecule has 0 radical (unpaired) electrons. The Labute approximate surface area is 145 Å². The van der Waals surface area contributed by atoms with Gasteiger partial charge in [0.25, 0.3) is 5.91 Å². The number of carbonyl (C=O) groups is 1. The number of nitrogens with two attached hydrogens (primary N) is 1.